The van der Waals surface area contributed by atoms with Gasteiger partial charge in [-0.3, -0.25) is 4.79 Å². The summed E-state index contributed by atoms with van der Waals surface area (Å²) in [6, 6.07) is 7.38. The Labute approximate surface area is 182 Å². The SMILES string of the molecule is Cc1cc(Br)nc(N2CC(C)(C(=O)N[C@@H](C)c3ccc(-n4cc(F)cn4)nc3)C2)c1. The van der Waals surface area contributed by atoms with E-state index >= 15 is 0 Å². The molecule has 1 amide bonds. The fraction of sp³-hybridized carbons (Fsp3) is 0.333. The van der Waals surface area contributed by atoms with Crippen LogP contribution in [0.15, 0.2) is 47.5 Å². The van der Waals surface area contributed by atoms with E-state index in [9.17, 15) is 9.18 Å². The lowest BCUT2D eigenvalue weighted by Crippen LogP contribution is -2.62. The van der Waals surface area contributed by atoms with E-state index in [0.717, 1.165) is 27.7 Å². The zero-order valence-electron chi connectivity index (χ0n) is 16.9. The average Bonchev–Trinajstić information content (AvgIpc) is 3.11. The quantitative estimate of drug-likeness (QED) is 0.574. The smallest absolute Gasteiger partial charge is 0.230 e. The van der Waals surface area contributed by atoms with Gasteiger partial charge in [-0.05, 0) is 66.0 Å². The molecule has 7 nitrogen and oxygen atoms in total. The first kappa shape index (κ1) is 20.5. The zero-order valence-corrected chi connectivity index (χ0v) is 18.5. The summed E-state index contributed by atoms with van der Waals surface area (Å²) in [6.45, 7) is 7.11. The maximum Gasteiger partial charge on any atom is 0.230 e. The monoisotopic (exact) mass is 472 g/mol. The number of carbonyl (C=O) groups is 1. The van der Waals surface area contributed by atoms with E-state index in [-0.39, 0.29) is 11.9 Å². The van der Waals surface area contributed by atoms with Crippen LogP contribution in [0.2, 0.25) is 0 Å². The minimum atomic E-state index is -0.480. The Morgan fingerprint density at radius 3 is 2.63 bits per heavy atom. The number of aryl methyl sites for hydroxylation is 1. The summed E-state index contributed by atoms with van der Waals surface area (Å²) in [5.74, 6) is 0.961. The maximum absolute atomic E-state index is 13.1. The number of halogens is 2. The fourth-order valence-electron chi connectivity index (χ4n) is 3.54. The Bertz CT molecular complexity index is 1060. The maximum atomic E-state index is 13.1. The summed E-state index contributed by atoms with van der Waals surface area (Å²) >= 11 is 3.42. The molecule has 0 aliphatic carbocycles. The molecule has 0 aromatic carbocycles. The van der Waals surface area contributed by atoms with E-state index in [4.69, 9.17) is 0 Å². The van der Waals surface area contributed by atoms with Gasteiger partial charge in [0.25, 0.3) is 0 Å². The Morgan fingerprint density at radius 2 is 2.03 bits per heavy atom. The molecule has 4 heterocycles. The molecule has 4 rings (SSSR count). The number of amides is 1. The number of aromatic nitrogens is 4. The van der Waals surface area contributed by atoms with Crippen molar-refractivity contribution < 1.29 is 9.18 Å². The Morgan fingerprint density at radius 1 is 1.27 bits per heavy atom. The van der Waals surface area contributed by atoms with Crippen LogP contribution < -0.4 is 10.2 Å². The zero-order chi connectivity index (χ0) is 21.5. The molecule has 3 aromatic rings. The van der Waals surface area contributed by atoms with Crippen LogP contribution in [0.25, 0.3) is 5.82 Å². The van der Waals surface area contributed by atoms with Crippen molar-refractivity contribution in [2.24, 2.45) is 5.41 Å². The summed E-state index contributed by atoms with van der Waals surface area (Å²) in [7, 11) is 0. The number of hydrogen-bond donors (Lipinski definition) is 1. The van der Waals surface area contributed by atoms with E-state index < -0.39 is 11.2 Å². The van der Waals surface area contributed by atoms with Crippen LogP contribution in [0.4, 0.5) is 10.2 Å². The highest BCUT2D eigenvalue weighted by atomic mass is 79.9. The summed E-state index contributed by atoms with van der Waals surface area (Å²) in [5, 5.41) is 6.98. The van der Waals surface area contributed by atoms with E-state index in [1.807, 2.05) is 39.0 Å². The van der Waals surface area contributed by atoms with E-state index in [0.29, 0.717) is 18.9 Å². The van der Waals surface area contributed by atoms with E-state index in [1.165, 1.54) is 10.9 Å². The Hall–Kier alpha value is -2.81. The lowest BCUT2D eigenvalue weighted by Gasteiger charge is -2.47. The first-order chi connectivity index (χ1) is 14.2. The van der Waals surface area contributed by atoms with Crippen LogP contribution in [0.5, 0.6) is 0 Å². The van der Waals surface area contributed by atoms with Gasteiger partial charge in [0.2, 0.25) is 5.91 Å². The van der Waals surface area contributed by atoms with Crippen LogP contribution in [0.3, 0.4) is 0 Å². The highest BCUT2D eigenvalue weighted by molar-refractivity contribution is 9.10. The number of rotatable bonds is 5. The predicted molar refractivity (Wildman–Crippen MR) is 115 cm³/mol. The largest absolute Gasteiger partial charge is 0.354 e. The third-order valence-electron chi connectivity index (χ3n) is 5.28. The molecular weight excluding hydrogens is 451 g/mol. The number of nitrogens with zero attached hydrogens (tertiary/aromatic N) is 5. The van der Waals surface area contributed by atoms with Crippen molar-refractivity contribution in [1.82, 2.24) is 25.1 Å². The van der Waals surface area contributed by atoms with Gasteiger partial charge >= 0.3 is 0 Å². The summed E-state index contributed by atoms with van der Waals surface area (Å²) in [6.07, 6.45) is 4.06. The molecule has 3 aromatic heterocycles. The van der Waals surface area contributed by atoms with Crippen LogP contribution in [-0.4, -0.2) is 38.7 Å². The molecule has 0 bridgehead atoms. The minimum Gasteiger partial charge on any atom is -0.354 e. The molecule has 1 fully saturated rings. The van der Waals surface area contributed by atoms with Gasteiger partial charge in [-0.25, -0.2) is 19.0 Å². The molecule has 1 N–H and O–H groups in total. The summed E-state index contributed by atoms with van der Waals surface area (Å²) in [4.78, 5) is 23.8. The molecule has 1 aliphatic rings. The third kappa shape index (κ3) is 4.07. The molecule has 1 aliphatic heterocycles. The minimum absolute atomic E-state index is 0.00353. The van der Waals surface area contributed by atoms with Gasteiger partial charge in [0, 0.05) is 19.3 Å². The van der Waals surface area contributed by atoms with Crippen molar-refractivity contribution in [3.05, 3.63) is 64.4 Å². The average molecular weight is 473 g/mol. The van der Waals surface area contributed by atoms with Crippen molar-refractivity contribution in [1.29, 1.82) is 0 Å². The van der Waals surface area contributed by atoms with Crippen LogP contribution in [0.1, 0.15) is 31.0 Å². The highest BCUT2D eigenvalue weighted by Crippen LogP contribution is 2.35. The highest BCUT2D eigenvalue weighted by Gasteiger charge is 2.46. The Kier molecular flexibility index (Phi) is 5.31. The topological polar surface area (TPSA) is 75.9 Å². The predicted octanol–water partition coefficient (Wildman–Crippen LogP) is 3.58. The van der Waals surface area contributed by atoms with E-state index in [2.05, 4.69) is 41.2 Å². The molecule has 30 heavy (non-hydrogen) atoms. The van der Waals surface area contributed by atoms with Crippen molar-refractivity contribution in [3.63, 3.8) is 0 Å². The molecule has 9 heteroatoms. The normalized spacial score (nSPS) is 16.1. The summed E-state index contributed by atoms with van der Waals surface area (Å²) in [5.41, 5.74) is 1.50. The number of pyridine rings is 2. The van der Waals surface area contributed by atoms with E-state index in [1.54, 1.807) is 12.3 Å². The summed E-state index contributed by atoms with van der Waals surface area (Å²) < 4.78 is 15.3. The molecule has 1 saturated heterocycles. The van der Waals surface area contributed by atoms with Gasteiger partial charge in [-0.2, -0.15) is 5.10 Å². The number of anilines is 1. The molecule has 0 unspecified atom stereocenters. The van der Waals surface area contributed by atoms with Crippen LogP contribution in [0, 0.1) is 18.2 Å². The van der Waals surface area contributed by atoms with Crippen LogP contribution in [-0.2, 0) is 4.79 Å². The molecule has 1 atom stereocenters. The van der Waals surface area contributed by atoms with Gasteiger partial charge in [0.1, 0.15) is 10.4 Å². The second-order valence-electron chi connectivity index (χ2n) is 7.99. The van der Waals surface area contributed by atoms with Gasteiger partial charge < -0.3 is 10.2 Å². The van der Waals surface area contributed by atoms with Gasteiger partial charge in [0.15, 0.2) is 11.6 Å². The Balaban J connectivity index is 1.37. The number of carbonyl (C=O) groups excluding carboxylic acids is 1. The first-order valence-corrected chi connectivity index (χ1v) is 10.4. The fourth-order valence-corrected chi connectivity index (χ4v) is 4.08. The van der Waals surface area contributed by atoms with Crippen LogP contribution >= 0.6 is 15.9 Å². The standard InChI is InChI=1S/C21H22BrFN6O/c1-13-6-17(22)27-19(7-13)28-11-21(3,12-28)20(30)26-14(2)15-4-5-18(24-8-15)29-10-16(23)9-25-29/h4-10,14H,11-12H2,1-3H3,(H,26,30)/t14-/m0/s1. The third-order valence-corrected chi connectivity index (χ3v) is 5.69. The molecule has 0 radical (unpaired) electrons. The lowest BCUT2D eigenvalue weighted by molar-refractivity contribution is -0.132. The number of hydrogen-bond acceptors (Lipinski definition) is 5. The number of nitrogens with one attached hydrogen (secondary N) is 1. The van der Waals surface area contributed by atoms with Crippen molar-refractivity contribution in [3.8, 4) is 5.82 Å². The van der Waals surface area contributed by atoms with Gasteiger partial charge in [0.05, 0.1) is 23.9 Å². The molecule has 0 spiro atoms. The second-order valence-corrected chi connectivity index (χ2v) is 8.80. The van der Waals surface area contributed by atoms with Gasteiger partial charge in [-0.1, -0.05) is 6.07 Å². The van der Waals surface area contributed by atoms with Crippen molar-refractivity contribution >= 4 is 27.7 Å². The molecular formula is C21H22BrFN6O. The van der Waals surface area contributed by atoms with Crippen molar-refractivity contribution in [2.75, 3.05) is 18.0 Å². The molecule has 0 saturated carbocycles. The molecule has 156 valence electrons. The van der Waals surface area contributed by atoms with Crippen molar-refractivity contribution in [2.45, 2.75) is 26.8 Å². The first-order valence-electron chi connectivity index (χ1n) is 9.60. The van der Waals surface area contributed by atoms with Gasteiger partial charge in [-0.15, -0.1) is 0 Å². The second kappa shape index (κ2) is 7.79. The lowest BCUT2D eigenvalue weighted by atomic mass is 9.80.